The Morgan fingerprint density at radius 2 is 1.97 bits per heavy atom. The van der Waals surface area contributed by atoms with E-state index in [2.05, 4.69) is 31.2 Å². The standard InChI is InChI=1S/C22H22N8O/c1-13-17-12-30(26-13)8-6-5-7-28(3)22(31)19-18(21(23-2)29(4)27-19)14-9-15-16(17)11-25-20(15)24-10-14/h9-12H,5-8H2,1,3-4H3,(H,24,25). The maximum atomic E-state index is 13.2. The highest BCUT2D eigenvalue weighted by Gasteiger charge is 2.27. The first kappa shape index (κ1) is 19.1. The molecule has 1 N–H and O–H groups in total. The number of nitrogens with zero attached hydrogens (tertiary/aromatic N) is 7. The molecule has 0 aromatic carbocycles. The van der Waals surface area contributed by atoms with Crippen LogP contribution in [0.2, 0.25) is 0 Å². The van der Waals surface area contributed by atoms with Gasteiger partial charge in [0, 0.05) is 60.8 Å². The fourth-order valence-electron chi connectivity index (χ4n) is 4.22. The minimum Gasteiger partial charge on any atom is -0.362 e. The molecule has 0 aliphatic carbocycles. The normalized spacial score (nSPS) is 14.4. The zero-order valence-electron chi connectivity index (χ0n) is 17.7. The van der Waals surface area contributed by atoms with Crippen molar-refractivity contribution in [2.45, 2.75) is 26.3 Å². The number of H-pyrrole nitrogens is 1. The minimum atomic E-state index is -0.193. The molecule has 1 amide bonds. The van der Waals surface area contributed by atoms with E-state index in [9.17, 15) is 4.79 Å². The van der Waals surface area contributed by atoms with Crippen molar-refractivity contribution in [2.24, 2.45) is 7.05 Å². The average Bonchev–Trinajstić information content (AvgIpc) is 3.43. The summed E-state index contributed by atoms with van der Waals surface area (Å²) in [6.07, 6.45) is 7.45. The summed E-state index contributed by atoms with van der Waals surface area (Å²) < 4.78 is 3.44. The maximum Gasteiger partial charge on any atom is 0.275 e. The van der Waals surface area contributed by atoms with Gasteiger partial charge in [-0.2, -0.15) is 9.78 Å². The van der Waals surface area contributed by atoms with E-state index in [1.807, 2.05) is 23.9 Å². The van der Waals surface area contributed by atoms with Crippen LogP contribution in [0.1, 0.15) is 29.0 Å². The van der Waals surface area contributed by atoms with Gasteiger partial charge in [-0.1, -0.05) is 11.7 Å². The molecule has 156 valence electrons. The zero-order valence-corrected chi connectivity index (χ0v) is 17.7. The fourth-order valence-corrected chi connectivity index (χ4v) is 4.22. The number of aromatic nitrogens is 6. The van der Waals surface area contributed by atoms with Crippen LogP contribution in [0.5, 0.6) is 0 Å². The molecule has 0 unspecified atom stereocenters. The summed E-state index contributed by atoms with van der Waals surface area (Å²) in [5, 5.41) is 10.0. The summed E-state index contributed by atoms with van der Waals surface area (Å²) in [6, 6.07) is 1.98. The lowest BCUT2D eigenvalue weighted by atomic mass is 10.0. The van der Waals surface area contributed by atoms with Crippen LogP contribution in [0.4, 0.5) is 5.82 Å². The monoisotopic (exact) mass is 414 g/mol. The number of hydrogen-bond acceptors (Lipinski definition) is 4. The molecule has 4 aromatic heterocycles. The first-order valence-corrected chi connectivity index (χ1v) is 10.2. The van der Waals surface area contributed by atoms with E-state index >= 15 is 0 Å². The van der Waals surface area contributed by atoms with Gasteiger partial charge in [0.25, 0.3) is 11.7 Å². The Hall–Kier alpha value is -3.93. The molecule has 9 heteroatoms. The van der Waals surface area contributed by atoms with E-state index in [1.165, 1.54) is 4.68 Å². The summed E-state index contributed by atoms with van der Waals surface area (Å²) in [5.74, 6) is 0.129. The highest BCUT2D eigenvalue weighted by Crippen LogP contribution is 2.37. The minimum absolute atomic E-state index is 0.193. The lowest BCUT2D eigenvalue weighted by Gasteiger charge is -2.16. The molecule has 0 spiro atoms. The number of aromatic amines is 1. The van der Waals surface area contributed by atoms with E-state index in [0.29, 0.717) is 23.5 Å². The Morgan fingerprint density at radius 1 is 1.16 bits per heavy atom. The number of carbonyl (C=O) groups excluding carboxylic acids is 1. The average molecular weight is 414 g/mol. The summed E-state index contributed by atoms with van der Waals surface area (Å²) in [5.41, 5.74) is 5.25. The van der Waals surface area contributed by atoms with Crippen molar-refractivity contribution < 1.29 is 4.79 Å². The molecule has 4 bridgehead atoms. The van der Waals surface area contributed by atoms with Crippen molar-refractivity contribution in [3.8, 4) is 22.3 Å². The molecule has 0 saturated heterocycles. The first-order valence-electron chi connectivity index (χ1n) is 10.2. The third kappa shape index (κ3) is 2.99. The fraction of sp³-hybridized carbons (Fsp3) is 0.318. The van der Waals surface area contributed by atoms with Crippen LogP contribution in [-0.2, 0) is 13.6 Å². The summed E-state index contributed by atoms with van der Waals surface area (Å²) in [4.78, 5) is 26.4. The van der Waals surface area contributed by atoms with Crippen LogP contribution in [0.25, 0.3) is 38.1 Å². The highest BCUT2D eigenvalue weighted by molar-refractivity contribution is 6.04. The van der Waals surface area contributed by atoms with E-state index in [0.717, 1.165) is 47.2 Å². The van der Waals surface area contributed by atoms with Gasteiger partial charge < -0.3 is 14.7 Å². The smallest absolute Gasteiger partial charge is 0.275 e. The number of amides is 1. The van der Waals surface area contributed by atoms with Crippen LogP contribution in [0, 0.1) is 13.5 Å². The number of carbonyl (C=O) groups is 1. The largest absolute Gasteiger partial charge is 0.362 e. The van der Waals surface area contributed by atoms with Gasteiger partial charge in [-0.15, -0.1) is 0 Å². The quantitative estimate of drug-likeness (QED) is 0.446. The van der Waals surface area contributed by atoms with Gasteiger partial charge in [-0.25, -0.2) is 4.98 Å². The van der Waals surface area contributed by atoms with Gasteiger partial charge in [0.05, 0.1) is 12.7 Å². The lowest BCUT2D eigenvalue weighted by Crippen LogP contribution is -2.28. The third-order valence-electron chi connectivity index (χ3n) is 5.86. The Morgan fingerprint density at radius 3 is 2.77 bits per heavy atom. The molecule has 0 fully saturated rings. The number of rotatable bonds is 0. The lowest BCUT2D eigenvalue weighted by molar-refractivity contribution is 0.0786. The Bertz CT molecular complexity index is 1370. The van der Waals surface area contributed by atoms with Crippen LogP contribution in [0.15, 0.2) is 24.7 Å². The highest BCUT2D eigenvalue weighted by atomic mass is 16.2. The van der Waals surface area contributed by atoms with Crippen molar-refractivity contribution >= 4 is 22.8 Å². The number of pyridine rings is 1. The van der Waals surface area contributed by atoms with Crippen molar-refractivity contribution in [2.75, 3.05) is 13.6 Å². The van der Waals surface area contributed by atoms with Gasteiger partial charge in [-0.3, -0.25) is 9.48 Å². The van der Waals surface area contributed by atoms with Gasteiger partial charge in [0.2, 0.25) is 0 Å². The Labute approximate surface area is 179 Å². The van der Waals surface area contributed by atoms with E-state index in [4.69, 9.17) is 6.57 Å². The van der Waals surface area contributed by atoms with Crippen LogP contribution in [-0.4, -0.2) is 53.9 Å². The molecule has 5 rings (SSSR count). The Balaban J connectivity index is 1.80. The van der Waals surface area contributed by atoms with Gasteiger partial charge >= 0.3 is 0 Å². The van der Waals surface area contributed by atoms with Gasteiger partial charge in [-0.05, 0) is 31.4 Å². The molecule has 4 aromatic rings. The predicted octanol–water partition coefficient (Wildman–Crippen LogP) is 3.55. The summed E-state index contributed by atoms with van der Waals surface area (Å²) >= 11 is 0. The van der Waals surface area contributed by atoms with Gasteiger partial charge in [0.15, 0.2) is 5.69 Å². The molecule has 31 heavy (non-hydrogen) atoms. The molecule has 1 aliphatic rings. The van der Waals surface area contributed by atoms with E-state index in [1.54, 1.807) is 25.2 Å². The topological polar surface area (TPSA) is 89.0 Å². The maximum absolute atomic E-state index is 13.2. The summed E-state index contributed by atoms with van der Waals surface area (Å²) in [7, 11) is 3.47. The van der Waals surface area contributed by atoms with Crippen LogP contribution >= 0.6 is 0 Å². The second kappa shape index (κ2) is 7.09. The van der Waals surface area contributed by atoms with Crippen LogP contribution in [0.3, 0.4) is 0 Å². The molecule has 0 radical (unpaired) electrons. The molecular weight excluding hydrogens is 392 g/mol. The first-order chi connectivity index (χ1) is 15.0. The van der Waals surface area contributed by atoms with Crippen molar-refractivity contribution in [1.82, 2.24) is 34.4 Å². The van der Waals surface area contributed by atoms with E-state index in [-0.39, 0.29) is 11.6 Å². The SMILES string of the molecule is [C-]#[N+]c1c2c(nn1C)C(=O)N(C)CCCCn1cc(c(C)n1)-c1c[nH]c3ncc-2cc13. The van der Waals surface area contributed by atoms with E-state index < -0.39 is 0 Å². The van der Waals surface area contributed by atoms with Crippen LogP contribution < -0.4 is 0 Å². The zero-order chi connectivity index (χ0) is 21.7. The second-order valence-electron chi connectivity index (χ2n) is 7.93. The molecule has 0 atom stereocenters. The van der Waals surface area contributed by atoms with Crippen molar-refractivity contribution in [3.63, 3.8) is 0 Å². The molecular formula is C22H22N8O. The third-order valence-corrected chi connectivity index (χ3v) is 5.86. The van der Waals surface area contributed by atoms with Crippen molar-refractivity contribution in [1.29, 1.82) is 0 Å². The number of fused-ring (bicyclic) bond motifs is 6. The number of nitrogens with one attached hydrogen (secondary N) is 1. The number of aryl methyl sites for hydroxylation is 3. The predicted molar refractivity (Wildman–Crippen MR) is 117 cm³/mol. The molecule has 0 saturated carbocycles. The second-order valence-corrected chi connectivity index (χ2v) is 7.93. The van der Waals surface area contributed by atoms with Gasteiger partial charge in [0.1, 0.15) is 5.65 Å². The molecule has 5 heterocycles. The number of hydrogen-bond donors (Lipinski definition) is 1. The molecule has 9 nitrogen and oxygen atoms in total. The Kier molecular flexibility index (Phi) is 4.36. The molecule has 1 aliphatic heterocycles. The van der Waals surface area contributed by atoms with Crippen molar-refractivity contribution in [3.05, 3.63) is 47.5 Å². The summed E-state index contributed by atoms with van der Waals surface area (Å²) in [6.45, 7) is 11.1.